The van der Waals surface area contributed by atoms with Gasteiger partial charge < -0.3 is 19.5 Å². The highest BCUT2D eigenvalue weighted by Gasteiger charge is 2.72. The van der Waals surface area contributed by atoms with E-state index in [1.54, 1.807) is 25.3 Å². The number of halogens is 6. The summed E-state index contributed by atoms with van der Waals surface area (Å²) in [5.41, 5.74) is -1.90. The molecule has 1 saturated carbocycles. The molecule has 0 spiro atoms. The molecule has 1 N–H and O–H groups in total. The van der Waals surface area contributed by atoms with Gasteiger partial charge in [0.1, 0.15) is 35.0 Å². The monoisotopic (exact) mass is 805 g/mol. The van der Waals surface area contributed by atoms with Gasteiger partial charge in [-0.15, -0.1) is 6.42 Å². The number of hydrogen-bond donors (Lipinski definition) is 1. The highest BCUT2D eigenvalue weighted by atomic mass is 19.3. The molecule has 3 aliphatic heterocycles. The molecule has 2 bridgehead atoms. The Labute approximate surface area is 330 Å². The minimum absolute atomic E-state index is 0.0229. The van der Waals surface area contributed by atoms with Crippen molar-refractivity contribution < 1.29 is 40.9 Å². The van der Waals surface area contributed by atoms with Crippen LogP contribution in [0.25, 0.3) is 43.7 Å². The summed E-state index contributed by atoms with van der Waals surface area (Å²) in [5, 5.41) is 16.9. The molecule has 2 aromatic heterocycles. The van der Waals surface area contributed by atoms with E-state index in [1.807, 2.05) is 0 Å². The summed E-state index contributed by atoms with van der Waals surface area (Å²) in [4.78, 5) is 15.6. The molecule has 0 unspecified atom stereocenters. The minimum Gasteiger partial charge on any atom is -0.508 e. The zero-order chi connectivity index (χ0) is 40.7. The molecule has 16 heteroatoms. The number of hydrogen-bond acceptors (Lipinski definition) is 9. The van der Waals surface area contributed by atoms with Gasteiger partial charge in [-0.25, -0.2) is 17.6 Å². The molecule has 9 rings (SSSR count). The molecular weight excluding hydrogens is 764 g/mol. The Balaban J connectivity index is 1.21. The molecule has 4 aliphatic rings. The van der Waals surface area contributed by atoms with Gasteiger partial charge in [-0.2, -0.15) is 23.8 Å². The van der Waals surface area contributed by atoms with Crippen molar-refractivity contribution in [1.82, 2.24) is 29.5 Å². The Morgan fingerprint density at radius 1 is 1.05 bits per heavy atom. The van der Waals surface area contributed by atoms with Gasteiger partial charge >= 0.3 is 6.01 Å². The fourth-order valence-corrected chi connectivity index (χ4v) is 9.52. The van der Waals surface area contributed by atoms with E-state index in [9.17, 15) is 13.9 Å². The summed E-state index contributed by atoms with van der Waals surface area (Å²) >= 11 is 0. The molecule has 10 nitrogen and oxygen atoms in total. The molecule has 5 heterocycles. The van der Waals surface area contributed by atoms with Crippen LogP contribution in [-0.4, -0.2) is 112 Å². The van der Waals surface area contributed by atoms with E-state index in [-0.39, 0.29) is 88.6 Å². The Kier molecular flexibility index (Phi) is 9.48. The smallest absolute Gasteiger partial charge is 0.319 e. The molecule has 1 aliphatic carbocycles. The fourth-order valence-electron chi connectivity index (χ4n) is 9.52. The van der Waals surface area contributed by atoms with E-state index in [4.69, 9.17) is 20.9 Å². The van der Waals surface area contributed by atoms with Crippen LogP contribution in [-0.2, 0) is 11.8 Å². The van der Waals surface area contributed by atoms with Gasteiger partial charge in [0, 0.05) is 107 Å². The normalized spacial score (nSPS) is 23.1. The maximum Gasteiger partial charge on any atom is 0.319 e. The molecule has 3 atom stereocenters. The average Bonchev–Trinajstić information content (AvgIpc) is 3.59. The molecule has 0 amide bonds. The summed E-state index contributed by atoms with van der Waals surface area (Å²) in [6.45, 7) is 2.25. The molecule has 304 valence electrons. The van der Waals surface area contributed by atoms with Gasteiger partial charge in [0.05, 0.1) is 16.4 Å². The molecule has 3 aromatic carbocycles. The van der Waals surface area contributed by atoms with E-state index in [0.29, 0.717) is 41.7 Å². The van der Waals surface area contributed by atoms with E-state index >= 15 is 17.6 Å². The number of aromatic hydroxyl groups is 1. The van der Waals surface area contributed by atoms with E-state index in [0.717, 1.165) is 25.8 Å². The second-order valence-corrected chi connectivity index (χ2v) is 16.1. The third kappa shape index (κ3) is 6.38. The molecule has 5 aromatic rings. The number of benzene rings is 3. The predicted molar refractivity (Wildman–Crippen MR) is 206 cm³/mol. The van der Waals surface area contributed by atoms with Crippen LogP contribution in [0, 0.1) is 29.4 Å². The van der Waals surface area contributed by atoms with Crippen molar-refractivity contribution in [3.05, 3.63) is 59.3 Å². The van der Waals surface area contributed by atoms with E-state index < -0.39 is 42.1 Å². The largest absolute Gasteiger partial charge is 0.508 e. The third-order valence-corrected chi connectivity index (χ3v) is 12.3. The Hall–Kier alpha value is -5.11. The van der Waals surface area contributed by atoms with Gasteiger partial charge in [0.25, 0.3) is 12.0 Å². The van der Waals surface area contributed by atoms with Crippen LogP contribution in [0.15, 0.2) is 42.1 Å². The summed E-state index contributed by atoms with van der Waals surface area (Å²) in [6.07, 6.45) is 7.82. The molecule has 4 fully saturated rings. The molecule has 3 saturated heterocycles. The van der Waals surface area contributed by atoms with Gasteiger partial charge in [-0.05, 0) is 54.8 Å². The Morgan fingerprint density at radius 2 is 1.81 bits per heavy atom. The van der Waals surface area contributed by atoms with Crippen molar-refractivity contribution in [2.45, 2.75) is 50.1 Å². The predicted octanol–water partition coefficient (Wildman–Crippen LogP) is 7.25. The highest BCUT2D eigenvalue weighted by Crippen LogP contribution is 2.61. The van der Waals surface area contributed by atoms with Crippen molar-refractivity contribution in [2.24, 2.45) is 12.5 Å². The lowest BCUT2D eigenvalue weighted by Gasteiger charge is -2.42. The van der Waals surface area contributed by atoms with Crippen molar-refractivity contribution in [2.75, 3.05) is 64.5 Å². The first-order chi connectivity index (χ1) is 27.8. The number of ether oxygens (including phenoxy) is 2. The summed E-state index contributed by atoms with van der Waals surface area (Å²) in [7, 11) is 3.34. The van der Waals surface area contributed by atoms with Crippen LogP contribution in [0.5, 0.6) is 11.8 Å². The highest BCUT2D eigenvalue weighted by molar-refractivity contribution is 6.18. The lowest BCUT2D eigenvalue weighted by molar-refractivity contribution is 0.0257. The fraction of sp³-hybridized carbons (Fsp3) is 0.452. The Morgan fingerprint density at radius 3 is 2.48 bits per heavy atom. The topological polar surface area (TPSA) is 92.0 Å². The quantitative estimate of drug-likeness (QED) is 0.0843. The minimum atomic E-state index is -3.13. The van der Waals surface area contributed by atoms with Crippen LogP contribution in [0.3, 0.4) is 0 Å². The van der Waals surface area contributed by atoms with E-state index in [1.165, 1.54) is 28.9 Å². The number of methoxy groups -OCH3 is 1. The first-order valence-electron chi connectivity index (χ1n) is 19.4. The van der Waals surface area contributed by atoms with Crippen LogP contribution in [0.4, 0.5) is 32.2 Å². The number of phenols is 1. The number of rotatable bonds is 11. The van der Waals surface area contributed by atoms with Crippen LogP contribution in [0.1, 0.15) is 37.7 Å². The second-order valence-electron chi connectivity index (χ2n) is 16.1. The number of terminal acetylenes is 1. The van der Waals surface area contributed by atoms with Crippen LogP contribution in [0.2, 0.25) is 0 Å². The summed E-state index contributed by atoms with van der Waals surface area (Å²) in [6, 6.07) is 4.95. The number of nitrogens with zero attached hydrogens (tertiary/aromatic N) is 7. The third-order valence-electron chi connectivity index (χ3n) is 12.3. The van der Waals surface area contributed by atoms with E-state index in [2.05, 4.69) is 25.8 Å². The number of phenolic OH excluding ortho intramolecular Hbond substituents is 1. The maximum atomic E-state index is 17.8. The number of piperazine rings is 1. The average molecular weight is 806 g/mol. The van der Waals surface area contributed by atoms with Crippen molar-refractivity contribution in [1.29, 1.82) is 0 Å². The molecule has 0 radical (unpaired) electrons. The first kappa shape index (κ1) is 38.4. The van der Waals surface area contributed by atoms with Gasteiger partial charge in [0.2, 0.25) is 0 Å². The van der Waals surface area contributed by atoms with Gasteiger partial charge in [0.15, 0.2) is 5.82 Å². The first-order valence-corrected chi connectivity index (χ1v) is 19.4. The molecule has 58 heavy (non-hydrogen) atoms. The lowest BCUT2D eigenvalue weighted by atomic mass is 9.91. The maximum absolute atomic E-state index is 17.8. The lowest BCUT2D eigenvalue weighted by Crippen LogP contribution is -2.54. The van der Waals surface area contributed by atoms with Crippen LogP contribution >= 0.6 is 0 Å². The number of anilines is 1. The van der Waals surface area contributed by atoms with Crippen molar-refractivity contribution in [3.8, 4) is 35.2 Å². The Bertz CT molecular complexity index is 2540. The second kappa shape index (κ2) is 14.3. The van der Waals surface area contributed by atoms with Crippen molar-refractivity contribution in [3.63, 3.8) is 0 Å². The molecular formula is C42H41F6N7O3. The summed E-state index contributed by atoms with van der Waals surface area (Å²) < 4.78 is 103. The standard InChI is InChI=1S/C42H41F6N7O3/c1-4-28-31(43)9-6-23-14-27(56)15-29(32(23)28)33-35(44)37-34(30-19-52(2)51-36(30)33)39(55-25-7-8-26(55)18-53(17-25)11-5-13-57-3)50-40(49-37)58-22-41(20-42(41,47)48)21-54-12-10-24(16-54)38(45)46/h1,6,9,14-15,19,25-26,56H,5,7-8,10-13,16-18,20-22H2,2-3H3/t25-,26+,41-/m1/s1. The number of aryl methyl sites for hydroxylation is 1. The van der Waals surface area contributed by atoms with Crippen molar-refractivity contribution >= 4 is 38.4 Å². The summed E-state index contributed by atoms with van der Waals surface area (Å²) in [5.74, 6) is -2.20. The SMILES string of the molecule is C#Cc1c(F)ccc2cc(O)cc(-c3c(F)c4nc(OC[C@]5(CN6CCC(=C(F)F)C6)CC5(F)F)nc(N5[C@@H]6CC[C@H]5CN(CCCOC)C6)c4c4cn(C)nc34)c12. The zero-order valence-corrected chi connectivity index (χ0v) is 32.0. The number of likely N-dealkylation sites (tertiary alicyclic amines) is 2. The van der Waals surface area contributed by atoms with Gasteiger partial charge in [-0.1, -0.05) is 12.0 Å². The van der Waals surface area contributed by atoms with Gasteiger partial charge in [-0.3, -0.25) is 14.5 Å². The number of alkyl halides is 2. The number of aromatic nitrogens is 4. The number of fused-ring (bicyclic) bond motifs is 6. The zero-order valence-electron chi connectivity index (χ0n) is 32.0. The van der Waals surface area contributed by atoms with Crippen LogP contribution < -0.4 is 9.64 Å².